The molecule has 0 aliphatic rings. The van der Waals surface area contributed by atoms with Crippen LogP contribution in [-0.4, -0.2) is 0 Å². The molecule has 0 radical (unpaired) electrons. The molecule has 0 unspecified atom stereocenters. The summed E-state index contributed by atoms with van der Waals surface area (Å²) in [5.74, 6) is -0.373. The fraction of sp³-hybridized carbons (Fsp3) is 0. The van der Waals surface area contributed by atoms with E-state index in [0.717, 1.165) is 9.10 Å². The van der Waals surface area contributed by atoms with Gasteiger partial charge in [-0.2, -0.15) is 5.26 Å². The second-order valence-corrected chi connectivity index (χ2v) is 5.08. The zero-order valence-electron chi connectivity index (χ0n) is 7.61. The van der Waals surface area contributed by atoms with Gasteiger partial charge in [-0.1, -0.05) is 17.8 Å². The zero-order chi connectivity index (χ0) is 10.7. The average molecular weight is 235 g/mol. The first-order valence-electron chi connectivity index (χ1n) is 4.20. The lowest BCUT2D eigenvalue weighted by Crippen LogP contribution is -1.82. The molecule has 0 aliphatic heterocycles. The van der Waals surface area contributed by atoms with Gasteiger partial charge in [0.2, 0.25) is 0 Å². The highest BCUT2D eigenvalue weighted by molar-refractivity contribution is 8.01. The molecular formula is C11H6FNS2. The highest BCUT2D eigenvalue weighted by atomic mass is 32.2. The Labute approximate surface area is 95.2 Å². The zero-order valence-corrected chi connectivity index (χ0v) is 9.24. The molecule has 74 valence electrons. The molecule has 15 heavy (non-hydrogen) atoms. The summed E-state index contributed by atoms with van der Waals surface area (Å²) in [4.78, 5) is 0.793. The molecule has 0 aliphatic carbocycles. The number of hydrogen-bond acceptors (Lipinski definition) is 3. The summed E-state index contributed by atoms with van der Waals surface area (Å²) in [5.41, 5.74) is 0.383. The molecule has 0 saturated carbocycles. The summed E-state index contributed by atoms with van der Waals surface area (Å²) in [6.45, 7) is 0. The monoisotopic (exact) mass is 235 g/mol. The van der Waals surface area contributed by atoms with E-state index in [1.54, 1.807) is 17.4 Å². The van der Waals surface area contributed by atoms with E-state index < -0.39 is 0 Å². The van der Waals surface area contributed by atoms with Crippen LogP contribution in [0.15, 0.2) is 44.8 Å². The van der Waals surface area contributed by atoms with Crippen LogP contribution in [0.1, 0.15) is 5.56 Å². The van der Waals surface area contributed by atoms with Gasteiger partial charge < -0.3 is 0 Å². The standard InChI is InChI=1S/C11H6FNS2/c12-9-3-4-10(8(6-9)7-13)15-11-2-1-5-14-11/h1-6H. The first kappa shape index (κ1) is 10.2. The van der Waals surface area contributed by atoms with Crippen molar-refractivity contribution in [2.24, 2.45) is 0 Å². The highest BCUT2D eigenvalue weighted by Gasteiger charge is 2.05. The smallest absolute Gasteiger partial charge is 0.124 e. The van der Waals surface area contributed by atoms with Crippen LogP contribution in [0.4, 0.5) is 4.39 Å². The first-order valence-corrected chi connectivity index (χ1v) is 5.90. The maximum absolute atomic E-state index is 12.9. The Hall–Kier alpha value is -1.31. The SMILES string of the molecule is N#Cc1cc(F)ccc1Sc1cccs1. The predicted molar refractivity (Wildman–Crippen MR) is 59.6 cm³/mol. The van der Waals surface area contributed by atoms with Gasteiger partial charge in [0.15, 0.2) is 0 Å². The Morgan fingerprint density at radius 2 is 2.20 bits per heavy atom. The summed E-state index contributed by atoms with van der Waals surface area (Å²) in [6, 6.07) is 10.2. The summed E-state index contributed by atoms with van der Waals surface area (Å²) < 4.78 is 14.0. The fourth-order valence-electron chi connectivity index (χ4n) is 1.11. The van der Waals surface area contributed by atoms with E-state index >= 15 is 0 Å². The van der Waals surface area contributed by atoms with Crippen molar-refractivity contribution in [3.05, 3.63) is 47.1 Å². The molecule has 1 aromatic carbocycles. The van der Waals surface area contributed by atoms with Crippen molar-refractivity contribution in [3.8, 4) is 6.07 Å². The van der Waals surface area contributed by atoms with Gasteiger partial charge in [0.05, 0.1) is 9.77 Å². The molecule has 0 fully saturated rings. The third kappa shape index (κ3) is 2.38. The summed E-state index contributed by atoms with van der Waals surface area (Å²) >= 11 is 3.08. The number of hydrogen-bond donors (Lipinski definition) is 0. The van der Waals surface area contributed by atoms with Gasteiger partial charge in [-0.3, -0.25) is 0 Å². The van der Waals surface area contributed by atoms with E-state index in [1.807, 2.05) is 23.6 Å². The molecule has 1 heterocycles. The topological polar surface area (TPSA) is 23.8 Å². The fourth-order valence-corrected chi connectivity index (χ4v) is 2.90. The number of nitriles is 1. The summed E-state index contributed by atoms with van der Waals surface area (Å²) in [7, 11) is 0. The Bertz CT molecular complexity index is 500. The predicted octanol–water partition coefficient (Wildman–Crippen LogP) is 3.91. The summed E-state index contributed by atoms with van der Waals surface area (Å²) in [6.07, 6.45) is 0. The number of nitrogens with zero attached hydrogens (tertiary/aromatic N) is 1. The first-order chi connectivity index (χ1) is 7.29. The van der Waals surface area contributed by atoms with Crippen molar-refractivity contribution in [2.45, 2.75) is 9.10 Å². The second-order valence-electron chi connectivity index (χ2n) is 2.79. The van der Waals surface area contributed by atoms with Crippen LogP contribution in [0.5, 0.6) is 0 Å². The van der Waals surface area contributed by atoms with Crippen LogP contribution in [0.3, 0.4) is 0 Å². The van der Waals surface area contributed by atoms with Crippen LogP contribution in [0, 0.1) is 17.1 Å². The van der Waals surface area contributed by atoms with Crippen molar-refractivity contribution < 1.29 is 4.39 Å². The molecule has 0 spiro atoms. The highest BCUT2D eigenvalue weighted by Crippen LogP contribution is 2.33. The van der Waals surface area contributed by atoms with Crippen LogP contribution in [0.25, 0.3) is 0 Å². The van der Waals surface area contributed by atoms with Crippen LogP contribution >= 0.6 is 23.1 Å². The number of benzene rings is 1. The minimum Gasteiger partial charge on any atom is -0.207 e. The lowest BCUT2D eigenvalue weighted by Gasteiger charge is -2.00. The molecule has 1 aromatic heterocycles. The normalized spacial score (nSPS) is 9.87. The van der Waals surface area contributed by atoms with E-state index in [4.69, 9.17) is 5.26 Å². The molecule has 0 atom stereocenters. The molecule has 2 rings (SSSR count). The van der Waals surface area contributed by atoms with Crippen molar-refractivity contribution in [2.75, 3.05) is 0 Å². The van der Waals surface area contributed by atoms with Gasteiger partial charge in [0.1, 0.15) is 11.9 Å². The molecule has 0 saturated heterocycles. The minimum absolute atomic E-state index is 0.373. The Balaban J connectivity index is 2.33. The number of rotatable bonds is 2. The molecule has 4 heteroatoms. The lowest BCUT2D eigenvalue weighted by molar-refractivity contribution is 0.626. The van der Waals surface area contributed by atoms with Gasteiger partial charge in [-0.15, -0.1) is 11.3 Å². The van der Waals surface area contributed by atoms with E-state index in [-0.39, 0.29) is 5.82 Å². The third-order valence-electron chi connectivity index (χ3n) is 1.77. The van der Waals surface area contributed by atoms with E-state index in [0.29, 0.717) is 5.56 Å². The minimum atomic E-state index is -0.373. The van der Waals surface area contributed by atoms with Crippen LogP contribution in [0.2, 0.25) is 0 Å². The van der Waals surface area contributed by atoms with Crippen molar-refractivity contribution >= 4 is 23.1 Å². The second kappa shape index (κ2) is 4.47. The Morgan fingerprint density at radius 1 is 1.33 bits per heavy atom. The van der Waals surface area contributed by atoms with Crippen molar-refractivity contribution in [3.63, 3.8) is 0 Å². The lowest BCUT2D eigenvalue weighted by atomic mass is 10.2. The van der Waals surface area contributed by atoms with Gasteiger partial charge >= 0.3 is 0 Å². The summed E-state index contributed by atoms with van der Waals surface area (Å²) in [5, 5.41) is 10.8. The maximum Gasteiger partial charge on any atom is 0.124 e. The quantitative estimate of drug-likeness (QED) is 0.788. The average Bonchev–Trinajstić information content (AvgIpc) is 2.73. The van der Waals surface area contributed by atoms with Crippen LogP contribution in [-0.2, 0) is 0 Å². The molecular weight excluding hydrogens is 229 g/mol. The van der Waals surface area contributed by atoms with Crippen LogP contribution < -0.4 is 0 Å². The van der Waals surface area contributed by atoms with Crippen molar-refractivity contribution in [1.29, 1.82) is 5.26 Å². The molecule has 0 amide bonds. The van der Waals surface area contributed by atoms with Gasteiger partial charge in [0.25, 0.3) is 0 Å². The van der Waals surface area contributed by atoms with Crippen molar-refractivity contribution in [1.82, 2.24) is 0 Å². The third-order valence-corrected chi connectivity index (χ3v) is 3.88. The Morgan fingerprint density at radius 3 is 2.87 bits per heavy atom. The maximum atomic E-state index is 12.9. The molecule has 0 bridgehead atoms. The Kier molecular flexibility index (Phi) is 3.05. The number of halogens is 1. The number of thiophene rings is 1. The molecule has 0 N–H and O–H groups in total. The van der Waals surface area contributed by atoms with E-state index in [2.05, 4.69) is 0 Å². The molecule has 1 nitrogen and oxygen atoms in total. The van der Waals surface area contributed by atoms with E-state index in [9.17, 15) is 4.39 Å². The van der Waals surface area contributed by atoms with Gasteiger partial charge in [-0.05, 0) is 29.6 Å². The molecule has 2 aromatic rings. The largest absolute Gasteiger partial charge is 0.207 e. The van der Waals surface area contributed by atoms with E-state index in [1.165, 1.54) is 23.9 Å². The van der Waals surface area contributed by atoms with Gasteiger partial charge in [0, 0.05) is 4.90 Å². The van der Waals surface area contributed by atoms with Gasteiger partial charge in [-0.25, -0.2) is 4.39 Å².